The Bertz CT molecular complexity index is 481. The molecule has 2 aromatic rings. The van der Waals surface area contributed by atoms with Crippen LogP contribution in [0.2, 0.25) is 0 Å². The molecule has 0 saturated heterocycles. The van der Waals surface area contributed by atoms with E-state index in [9.17, 15) is 0 Å². The molecule has 1 nitrogen and oxygen atoms in total. The van der Waals surface area contributed by atoms with Gasteiger partial charge in [-0.2, -0.15) is 0 Å². The molecular weight excluding hydrogens is 266 g/mol. The molecule has 0 aliphatic rings. The number of alkyl halides is 1. The van der Waals surface area contributed by atoms with E-state index >= 15 is 0 Å². The predicted octanol–water partition coefficient (Wildman–Crippen LogP) is 4.36. The van der Waals surface area contributed by atoms with Crippen LogP contribution in [0.4, 0.5) is 0 Å². The molecule has 0 amide bonds. The standard InChI is InChI=1S/C18H22ClN/c1-16(19)14-20(15-18-10-6-3-7-11-18)13-12-17-8-4-2-5-9-17/h2-11,16H,12-15H2,1H3. The highest BCUT2D eigenvalue weighted by atomic mass is 35.5. The fraction of sp³-hybridized carbons (Fsp3) is 0.333. The quantitative estimate of drug-likeness (QED) is 0.684. The smallest absolute Gasteiger partial charge is 0.0435 e. The first-order valence-corrected chi connectivity index (χ1v) is 7.62. The molecule has 2 aromatic carbocycles. The molecule has 2 heteroatoms. The number of hydrogen-bond donors (Lipinski definition) is 0. The van der Waals surface area contributed by atoms with Crippen molar-refractivity contribution < 1.29 is 0 Å². The van der Waals surface area contributed by atoms with Gasteiger partial charge in [0.2, 0.25) is 0 Å². The molecule has 2 rings (SSSR count). The second kappa shape index (κ2) is 8.08. The lowest BCUT2D eigenvalue weighted by Crippen LogP contribution is -2.30. The van der Waals surface area contributed by atoms with E-state index in [1.807, 2.05) is 0 Å². The fourth-order valence-electron chi connectivity index (χ4n) is 2.36. The maximum Gasteiger partial charge on any atom is 0.0435 e. The van der Waals surface area contributed by atoms with Crippen molar-refractivity contribution in [3.8, 4) is 0 Å². The Kier molecular flexibility index (Phi) is 6.10. The van der Waals surface area contributed by atoms with Crippen molar-refractivity contribution in [2.24, 2.45) is 0 Å². The first-order chi connectivity index (χ1) is 9.74. The summed E-state index contributed by atoms with van der Waals surface area (Å²) in [5, 5.41) is 0.175. The highest BCUT2D eigenvalue weighted by molar-refractivity contribution is 6.20. The Balaban J connectivity index is 1.93. The number of nitrogens with zero attached hydrogens (tertiary/aromatic N) is 1. The topological polar surface area (TPSA) is 3.24 Å². The summed E-state index contributed by atoms with van der Waals surface area (Å²) in [7, 11) is 0. The summed E-state index contributed by atoms with van der Waals surface area (Å²) in [6.45, 7) is 4.98. The Morgan fingerprint density at radius 1 is 0.900 bits per heavy atom. The Hall–Kier alpha value is -1.31. The Morgan fingerprint density at radius 3 is 2.00 bits per heavy atom. The molecule has 0 fully saturated rings. The minimum Gasteiger partial charge on any atom is -0.297 e. The minimum atomic E-state index is 0.175. The highest BCUT2D eigenvalue weighted by Gasteiger charge is 2.09. The van der Waals surface area contributed by atoms with Crippen LogP contribution >= 0.6 is 11.6 Å². The van der Waals surface area contributed by atoms with E-state index in [0.717, 1.165) is 26.1 Å². The van der Waals surface area contributed by atoms with Gasteiger partial charge in [-0.25, -0.2) is 0 Å². The van der Waals surface area contributed by atoms with Gasteiger partial charge in [-0.1, -0.05) is 60.7 Å². The summed E-state index contributed by atoms with van der Waals surface area (Å²) in [4.78, 5) is 2.43. The maximum atomic E-state index is 6.18. The molecule has 106 valence electrons. The van der Waals surface area contributed by atoms with Crippen molar-refractivity contribution in [1.82, 2.24) is 4.90 Å². The third-order valence-electron chi connectivity index (χ3n) is 3.32. The van der Waals surface area contributed by atoms with Gasteiger partial charge in [-0.3, -0.25) is 4.90 Å². The second-order valence-electron chi connectivity index (χ2n) is 5.24. The summed E-state index contributed by atoms with van der Waals surface area (Å²) in [5.74, 6) is 0. The number of halogens is 1. The van der Waals surface area contributed by atoms with Crippen LogP contribution in [0.1, 0.15) is 18.1 Å². The largest absolute Gasteiger partial charge is 0.297 e. The van der Waals surface area contributed by atoms with Crippen LogP contribution in [0.5, 0.6) is 0 Å². The van der Waals surface area contributed by atoms with E-state index in [2.05, 4.69) is 72.5 Å². The normalized spacial score (nSPS) is 12.6. The second-order valence-corrected chi connectivity index (χ2v) is 5.98. The predicted molar refractivity (Wildman–Crippen MR) is 87.2 cm³/mol. The summed E-state index contributed by atoms with van der Waals surface area (Å²) >= 11 is 6.18. The summed E-state index contributed by atoms with van der Waals surface area (Å²) < 4.78 is 0. The van der Waals surface area contributed by atoms with Crippen molar-refractivity contribution in [2.45, 2.75) is 25.3 Å². The van der Waals surface area contributed by atoms with Gasteiger partial charge in [0.1, 0.15) is 0 Å². The van der Waals surface area contributed by atoms with Crippen LogP contribution in [0.3, 0.4) is 0 Å². The van der Waals surface area contributed by atoms with E-state index < -0.39 is 0 Å². The molecule has 0 radical (unpaired) electrons. The van der Waals surface area contributed by atoms with Crippen molar-refractivity contribution in [1.29, 1.82) is 0 Å². The van der Waals surface area contributed by atoms with Gasteiger partial charge in [0.25, 0.3) is 0 Å². The molecule has 0 aliphatic carbocycles. The molecule has 0 bridgehead atoms. The average Bonchev–Trinajstić information content (AvgIpc) is 2.46. The van der Waals surface area contributed by atoms with E-state index in [0.29, 0.717) is 0 Å². The zero-order chi connectivity index (χ0) is 14.2. The number of rotatable bonds is 7. The Morgan fingerprint density at radius 2 is 1.45 bits per heavy atom. The first kappa shape index (κ1) is 15.1. The fourth-order valence-corrected chi connectivity index (χ4v) is 2.56. The minimum absolute atomic E-state index is 0.175. The van der Waals surface area contributed by atoms with Crippen LogP contribution in [-0.4, -0.2) is 23.4 Å². The molecular formula is C18H22ClN. The molecule has 0 aliphatic heterocycles. The van der Waals surface area contributed by atoms with E-state index in [-0.39, 0.29) is 5.38 Å². The molecule has 1 unspecified atom stereocenters. The molecule has 1 atom stereocenters. The third-order valence-corrected chi connectivity index (χ3v) is 3.46. The van der Waals surface area contributed by atoms with Crippen LogP contribution < -0.4 is 0 Å². The molecule has 0 saturated carbocycles. The summed E-state index contributed by atoms with van der Waals surface area (Å²) in [6, 6.07) is 21.2. The molecule has 0 spiro atoms. The third kappa shape index (κ3) is 5.36. The van der Waals surface area contributed by atoms with Crippen LogP contribution in [0.15, 0.2) is 60.7 Å². The van der Waals surface area contributed by atoms with Gasteiger partial charge in [0.05, 0.1) is 0 Å². The molecule has 20 heavy (non-hydrogen) atoms. The summed E-state index contributed by atoms with van der Waals surface area (Å²) in [6.07, 6.45) is 1.07. The first-order valence-electron chi connectivity index (χ1n) is 7.18. The SMILES string of the molecule is CC(Cl)CN(CCc1ccccc1)Cc1ccccc1. The summed E-state index contributed by atoms with van der Waals surface area (Å²) in [5.41, 5.74) is 2.73. The van der Waals surface area contributed by atoms with Gasteiger partial charge in [-0.15, -0.1) is 11.6 Å². The van der Waals surface area contributed by atoms with Gasteiger partial charge in [0, 0.05) is 25.0 Å². The lowest BCUT2D eigenvalue weighted by Gasteiger charge is -2.23. The maximum absolute atomic E-state index is 6.18. The lowest BCUT2D eigenvalue weighted by molar-refractivity contribution is 0.271. The van der Waals surface area contributed by atoms with E-state index in [4.69, 9.17) is 11.6 Å². The zero-order valence-electron chi connectivity index (χ0n) is 12.0. The lowest BCUT2D eigenvalue weighted by atomic mass is 10.1. The molecule has 0 N–H and O–H groups in total. The van der Waals surface area contributed by atoms with Crippen molar-refractivity contribution in [2.75, 3.05) is 13.1 Å². The van der Waals surface area contributed by atoms with Crippen LogP contribution in [0, 0.1) is 0 Å². The monoisotopic (exact) mass is 287 g/mol. The Labute approximate surface area is 127 Å². The number of benzene rings is 2. The number of hydrogen-bond acceptors (Lipinski definition) is 1. The van der Waals surface area contributed by atoms with Gasteiger partial charge >= 0.3 is 0 Å². The van der Waals surface area contributed by atoms with Crippen LogP contribution in [0.25, 0.3) is 0 Å². The van der Waals surface area contributed by atoms with E-state index in [1.165, 1.54) is 11.1 Å². The van der Waals surface area contributed by atoms with Crippen LogP contribution in [-0.2, 0) is 13.0 Å². The van der Waals surface area contributed by atoms with Crippen molar-refractivity contribution >= 4 is 11.6 Å². The van der Waals surface area contributed by atoms with Crippen molar-refractivity contribution in [3.63, 3.8) is 0 Å². The molecule has 0 heterocycles. The zero-order valence-corrected chi connectivity index (χ0v) is 12.8. The van der Waals surface area contributed by atoms with Gasteiger partial charge in [-0.05, 0) is 24.5 Å². The van der Waals surface area contributed by atoms with E-state index in [1.54, 1.807) is 0 Å². The highest BCUT2D eigenvalue weighted by Crippen LogP contribution is 2.09. The van der Waals surface area contributed by atoms with Gasteiger partial charge < -0.3 is 0 Å². The molecule has 0 aromatic heterocycles. The van der Waals surface area contributed by atoms with Gasteiger partial charge in [0.15, 0.2) is 0 Å². The average molecular weight is 288 g/mol. The van der Waals surface area contributed by atoms with Crippen molar-refractivity contribution in [3.05, 3.63) is 71.8 Å².